The minimum Gasteiger partial charge on any atom is -0.392 e. The summed E-state index contributed by atoms with van der Waals surface area (Å²) in [6, 6.07) is 6.39. The number of aliphatic hydroxyl groups excluding tert-OH is 1. The summed E-state index contributed by atoms with van der Waals surface area (Å²) in [5, 5.41) is 9.57. The zero-order valence-electron chi connectivity index (χ0n) is 8.74. The molecule has 1 nitrogen and oxygen atoms in total. The molecule has 1 aromatic rings. The topological polar surface area (TPSA) is 20.2 Å². The van der Waals surface area contributed by atoms with Gasteiger partial charge in [0.2, 0.25) is 0 Å². The van der Waals surface area contributed by atoms with E-state index in [0.717, 1.165) is 10.5 Å². The van der Waals surface area contributed by atoms with Gasteiger partial charge in [-0.25, -0.2) is 4.39 Å². The zero-order chi connectivity index (χ0) is 11.3. The van der Waals surface area contributed by atoms with E-state index in [-0.39, 0.29) is 5.82 Å². The lowest BCUT2D eigenvalue weighted by Crippen LogP contribution is -2.09. The molecule has 0 aromatic heterocycles. The molecule has 1 unspecified atom stereocenters. The predicted octanol–water partition coefficient (Wildman–Crippen LogP) is 3.24. The molecule has 1 aromatic carbocycles. The van der Waals surface area contributed by atoms with Crippen LogP contribution >= 0.6 is 11.8 Å². The van der Waals surface area contributed by atoms with E-state index >= 15 is 0 Å². The van der Waals surface area contributed by atoms with Crippen LogP contribution in [-0.4, -0.2) is 17.0 Å². The van der Waals surface area contributed by atoms with Crippen LogP contribution in [0.1, 0.15) is 13.3 Å². The molecule has 0 heterocycles. The fourth-order valence-electron chi connectivity index (χ4n) is 1.21. The lowest BCUT2D eigenvalue weighted by Gasteiger charge is -2.09. The average molecular weight is 226 g/mol. The van der Waals surface area contributed by atoms with E-state index in [4.69, 9.17) is 0 Å². The van der Waals surface area contributed by atoms with Crippen molar-refractivity contribution in [3.8, 4) is 0 Å². The Bertz CT molecular complexity index is 338. The van der Waals surface area contributed by atoms with Crippen molar-refractivity contribution in [3.05, 3.63) is 42.2 Å². The van der Waals surface area contributed by atoms with Gasteiger partial charge in [-0.05, 0) is 31.5 Å². The number of thioether (sulfide) groups is 1. The Morgan fingerprint density at radius 1 is 1.60 bits per heavy atom. The average Bonchev–Trinajstić information content (AvgIpc) is 2.14. The molecule has 1 rings (SSSR count). The second-order valence-corrected chi connectivity index (χ2v) is 4.68. The first kappa shape index (κ1) is 12.3. The molecule has 3 heteroatoms. The molecule has 0 aliphatic heterocycles. The van der Waals surface area contributed by atoms with Gasteiger partial charge in [-0.3, -0.25) is 0 Å². The number of halogens is 1. The van der Waals surface area contributed by atoms with Gasteiger partial charge in [-0.2, -0.15) is 0 Å². The third-order valence-corrected chi connectivity index (χ3v) is 2.96. The highest BCUT2D eigenvalue weighted by Crippen LogP contribution is 2.20. The maximum atomic E-state index is 12.8. The van der Waals surface area contributed by atoms with Crippen molar-refractivity contribution in [1.29, 1.82) is 0 Å². The van der Waals surface area contributed by atoms with Gasteiger partial charge in [0, 0.05) is 10.6 Å². The van der Waals surface area contributed by atoms with Gasteiger partial charge in [0.1, 0.15) is 5.82 Å². The van der Waals surface area contributed by atoms with Crippen molar-refractivity contribution in [2.75, 3.05) is 5.75 Å². The Morgan fingerprint density at radius 3 is 2.93 bits per heavy atom. The van der Waals surface area contributed by atoms with Crippen molar-refractivity contribution in [2.45, 2.75) is 24.3 Å². The number of benzene rings is 1. The zero-order valence-corrected chi connectivity index (χ0v) is 9.56. The molecule has 0 saturated heterocycles. The van der Waals surface area contributed by atoms with E-state index in [1.807, 2.05) is 13.0 Å². The van der Waals surface area contributed by atoms with Crippen LogP contribution in [-0.2, 0) is 0 Å². The van der Waals surface area contributed by atoms with Crippen LogP contribution < -0.4 is 0 Å². The second kappa shape index (κ2) is 5.93. The molecule has 0 bridgehead atoms. The van der Waals surface area contributed by atoms with Gasteiger partial charge < -0.3 is 5.11 Å². The van der Waals surface area contributed by atoms with E-state index in [1.54, 1.807) is 6.07 Å². The fraction of sp³-hybridized carbons (Fsp3) is 0.333. The highest BCUT2D eigenvalue weighted by molar-refractivity contribution is 7.99. The van der Waals surface area contributed by atoms with Gasteiger partial charge in [0.15, 0.2) is 0 Å². The largest absolute Gasteiger partial charge is 0.392 e. The number of aliphatic hydroxyl groups is 1. The van der Waals surface area contributed by atoms with E-state index in [0.29, 0.717) is 12.2 Å². The van der Waals surface area contributed by atoms with Crippen LogP contribution in [0.15, 0.2) is 41.3 Å². The normalized spacial score (nSPS) is 12.5. The Kier molecular flexibility index (Phi) is 4.85. The number of rotatable bonds is 5. The van der Waals surface area contributed by atoms with Crippen molar-refractivity contribution in [2.24, 2.45) is 0 Å². The molecule has 0 amide bonds. The molecule has 1 N–H and O–H groups in total. The minimum atomic E-state index is -0.407. The van der Waals surface area contributed by atoms with Crippen molar-refractivity contribution in [1.82, 2.24) is 0 Å². The Balaban J connectivity index is 2.40. The third kappa shape index (κ3) is 5.00. The van der Waals surface area contributed by atoms with Crippen LogP contribution in [0.3, 0.4) is 0 Å². The van der Waals surface area contributed by atoms with Crippen LogP contribution in [0, 0.1) is 5.82 Å². The van der Waals surface area contributed by atoms with Gasteiger partial charge >= 0.3 is 0 Å². The molecule has 0 fully saturated rings. The first-order chi connectivity index (χ1) is 7.08. The highest BCUT2D eigenvalue weighted by Gasteiger charge is 2.05. The Labute approximate surface area is 94.0 Å². The highest BCUT2D eigenvalue weighted by atomic mass is 32.2. The van der Waals surface area contributed by atoms with Crippen molar-refractivity contribution >= 4 is 11.8 Å². The first-order valence-electron chi connectivity index (χ1n) is 4.78. The minimum absolute atomic E-state index is 0.241. The van der Waals surface area contributed by atoms with Crippen LogP contribution in [0.2, 0.25) is 0 Å². The van der Waals surface area contributed by atoms with Crippen molar-refractivity contribution in [3.63, 3.8) is 0 Å². The smallest absolute Gasteiger partial charge is 0.124 e. The molecule has 0 aliphatic carbocycles. The molecular formula is C12H15FOS. The second-order valence-electron chi connectivity index (χ2n) is 3.58. The Hall–Kier alpha value is -0.800. The molecule has 0 aliphatic rings. The summed E-state index contributed by atoms with van der Waals surface area (Å²) in [6.07, 6.45) is 0.193. The summed E-state index contributed by atoms with van der Waals surface area (Å²) in [4.78, 5) is 0.843. The molecule has 0 saturated carbocycles. The first-order valence-corrected chi connectivity index (χ1v) is 5.77. The lowest BCUT2D eigenvalue weighted by molar-refractivity contribution is 0.200. The van der Waals surface area contributed by atoms with Gasteiger partial charge in [-0.15, -0.1) is 18.3 Å². The van der Waals surface area contributed by atoms with Crippen molar-refractivity contribution < 1.29 is 9.50 Å². The van der Waals surface area contributed by atoms with E-state index < -0.39 is 6.10 Å². The van der Waals surface area contributed by atoms with Gasteiger partial charge in [-0.1, -0.05) is 11.6 Å². The summed E-state index contributed by atoms with van der Waals surface area (Å²) in [5.41, 5.74) is 0.961. The predicted molar refractivity (Wildman–Crippen MR) is 62.6 cm³/mol. The molecule has 0 radical (unpaired) electrons. The standard InChI is InChI=1S/C12H15FOS/c1-9(2)6-11(14)8-15-12-5-3-4-10(13)7-12/h3-5,7,11,14H,1,6,8H2,2H3. The van der Waals surface area contributed by atoms with E-state index in [2.05, 4.69) is 6.58 Å². The Morgan fingerprint density at radius 2 is 2.33 bits per heavy atom. The maximum absolute atomic E-state index is 12.8. The van der Waals surface area contributed by atoms with Gasteiger partial charge in [0.05, 0.1) is 6.10 Å². The molecular weight excluding hydrogens is 211 g/mol. The summed E-state index contributed by atoms with van der Waals surface area (Å²) in [6.45, 7) is 5.62. The maximum Gasteiger partial charge on any atom is 0.124 e. The quantitative estimate of drug-likeness (QED) is 0.614. The molecule has 1 atom stereocenters. The van der Waals surface area contributed by atoms with E-state index in [1.165, 1.54) is 23.9 Å². The summed E-state index contributed by atoms with van der Waals surface area (Å²) >= 11 is 1.45. The van der Waals surface area contributed by atoms with Crippen LogP contribution in [0.5, 0.6) is 0 Å². The molecule has 15 heavy (non-hydrogen) atoms. The van der Waals surface area contributed by atoms with Crippen LogP contribution in [0.25, 0.3) is 0 Å². The molecule has 0 spiro atoms. The van der Waals surface area contributed by atoms with E-state index in [9.17, 15) is 9.50 Å². The monoisotopic (exact) mass is 226 g/mol. The van der Waals surface area contributed by atoms with Crippen LogP contribution in [0.4, 0.5) is 4.39 Å². The summed E-state index contributed by atoms with van der Waals surface area (Å²) < 4.78 is 12.8. The lowest BCUT2D eigenvalue weighted by atomic mass is 10.2. The SMILES string of the molecule is C=C(C)CC(O)CSc1cccc(F)c1. The van der Waals surface area contributed by atoms with Gasteiger partial charge in [0.25, 0.3) is 0 Å². The summed E-state index contributed by atoms with van der Waals surface area (Å²) in [7, 11) is 0. The third-order valence-electron chi connectivity index (χ3n) is 1.82. The summed E-state index contributed by atoms with van der Waals surface area (Å²) in [5.74, 6) is 0.324. The number of hydrogen-bond donors (Lipinski definition) is 1. The molecule has 82 valence electrons. The number of hydrogen-bond acceptors (Lipinski definition) is 2. The fourth-order valence-corrected chi connectivity index (χ4v) is 2.08.